The summed E-state index contributed by atoms with van der Waals surface area (Å²) >= 11 is 14.1. The van der Waals surface area contributed by atoms with Crippen molar-refractivity contribution in [3.05, 3.63) is 91.5 Å². The van der Waals surface area contributed by atoms with Crippen LogP contribution in [0.4, 0.5) is 10.3 Å². The standard InChI is InChI=1S/C22H22ClN5O4S.C15H12ClN5O3S.C6H10O/c1-3-12-4-14(15-5-18(23)25-9-17(15)30-2)16(8-24-12)19(29)26-20-27-28-21(33-20)32-13-6-22(7-13)10-31-11-22;1-7-3-8(9-4-12(16)18-6-11(9)24-2)10(5-17-7)13(22)19-14-20-21-15(23)25-14;1-2-6(3-1)4-7-5-6/h4-5,8-9,13H,3,6-7,10-11H2,1-2H3,(H,26,27,29);3-6H,1-2H3,(H,21,23)(H,19,20,22);1-5H2. The number of methoxy groups -OCH3 is 2. The Bertz CT molecular complexity index is 2730. The van der Waals surface area contributed by atoms with Gasteiger partial charge in [-0.05, 0) is 86.0 Å². The van der Waals surface area contributed by atoms with E-state index in [0.29, 0.717) is 72.3 Å². The summed E-state index contributed by atoms with van der Waals surface area (Å²) < 4.78 is 27.0. The number of carbonyl (C=O) groups is 2. The molecule has 22 heteroatoms. The predicted octanol–water partition coefficient (Wildman–Crippen LogP) is 7.73. The lowest BCUT2D eigenvalue weighted by Crippen LogP contribution is -2.56. The van der Waals surface area contributed by atoms with Crippen LogP contribution in [0.5, 0.6) is 16.7 Å². The lowest BCUT2D eigenvalue weighted by Gasteiger charge is -2.52. The molecular weight excluding hydrogens is 920 g/mol. The van der Waals surface area contributed by atoms with Gasteiger partial charge in [-0.2, -0.15) is 0 Å². The molecule has 0 aromatic carbocycles. The third kappa shape index (κ3) is 10.6. The number of H-pyrrole nitrogens is 1. The van der Waals surface area contributed by atoms with Gasteiger partial charge in [0.1, 0.15) is 27.9 Å². The monoisotopic (exact) mass is 962 g/mol. The van der Waals surface area contributed by atoms with E-state index in [0.717, 1.165) is 61.7 Å². The van der Waals surface area contributed by atoms with Crippen LogP contribution in [-0.4, -0.2) is 98.9 Å². The number of aromatic nitrogens is 8. The van der Waals surface area contributed by atoms with Gasteiger partial charge >= 0.3 is 4.87 Å². The van der Waals surface area contributed by atoms with Crippen LogP contribution in [0.15, 0.2) is 53.8 Å². The third-order valence-electron chi connectivity index (χ3n) is 11.5. The van der Waals surface area contributed by atoms with Crippen LogP contribution in [0.2, 0.25) is 10.3 Å². The van der Waals surface area contributed by atoms with Crippen molar-refractivity contribution in [1.29, 1.82) is 0 Å². The molecule has 2 saturated heterocycles. The second kappa shape index (κ2) is 19.8. The number of rotatable bonds is 11. The van der Waals surface area contributed by atoms with Crippen molar-refractivity contribution < 1.29 is 33.3 Å². The smallest absolute Gasteiger partial charge is 0.324 e. The first-order chi connectivity index (χ1) is 31.4. The van der Waals surface area contributed by atoms with Crippen LogP contribution < -0.4 is 29.7 Å². The highest BCUT2D eigenvalue weighted by atomic mass is 35.5. The highest BCUT2D eigenvalue weighted by Gasteiger charge is 2.51. The molecule has 4 aliphatic rings. The van der Waals surface area contributed by atoms with E-state index in [1.165, 1.54) is 56.3 Å². The molecular formula is C43H44Cl2N10O8S2. The summed E-state index contributed by atoms with van der Waals surface area (Å²) in [4.78, 5) is 53.2. The number of aromatic amines is 1. The zero-order chi connectivity index (χ0) is 45.7. The number of ether oxygens (including phenoxy) is 5. The summed E-state index contributed by atoms with van der Waals surface area (Å²) in [7, 11) is 3.05. The first-order valence-electron chi connectivity index (χ1n) is 20.6. The molecule has 2 aliphatic heterocycles. The number of hydrogen-bond donors (Lipinski definition) is 3. The van der Waals surface area contributed by atoms with Gasteiger partial charge in [-0.15, -0.1) is 10.2 Å². The van der Waals surface area contributed by atoms with E-state index in [2.05, 4.69) is 51.0 Å². The fourth-order valence-corrected chi connectivity index (χ4v) is 9.15. The number of hydrogen-bond acceptors (Lipinski definition) is 17. The molecule has 2 amide bonds. The largest absolute Gasteiger partial charge is 0.494 e. The zero-order valence-electron chi connectivity index (χ0n) is 35.7. The Morgan fingerprint density at radius 3 is 1.85 bits per heavy atom. The van der Waals surface area contributed by atoms with E-state index in [9.17, 15) is 14.4 Å². The summed E-state index contributed by atoms with van der Waals surface area (Å²) in [5.74, 6) is 0.143. The molecule has 2 aliphatic carbocycles. The Balaban J connectivity index is 0.000000158. The van der Waals surface area contributed by atoms with Crippen molar-refractivity contribution in [3.8, 4) is 38.9 Å². The van der Waals surface area contributed by atoms with Crippen LogP contribution in [0.3, 0.4) is 0 Å². The Labute approximate surface area is 390 Å². The average molecular weight is 964 g/mol. The summed E-state index contributed by atoms with van der Waals surface area (Å²) in [6.07, 6.45) is 13.1. The topological polar surface area (TPSA) is 227 Å². The minimum Gasteiger partial charge on any atom is -0.494 e. The maximum absolute atomic E-state index is 13.2. The number of halogens is 2. The Morgan fingerprint density at radius 2 is 1.35 bits per heavy atom. The number of pyridine rings is 4. The highest BCUT2D eigenvalue weighted by molar-refractivity contribution is 7.17. The maximum atomic E-state index is 13.2. The summed E-state index contributed by atoms with van der Waals surface area (Å²) in [6.45, 7) is 7.54. The van der Waals surface area contributed by atoms with Crippen LogP contribution in [-0.2, 0) is 15.9 Å². The molecule has 65 heavy (non-hydrogen) atoms. The molecule has 6 aromatic rings. The lowest BCUT2D eigenvalue weighted by molar-refractivity contribution is -0.191. The molecule has 2 saturated carbocycles. The SMILES string of the molecule is C1CC2(C1)COC2.CCc1cc(-c2cc(Cl)ncc2OC)c(C(=O)Nc2nnc(OC3CC4(COC4)C3)s2)cn1.COc1cnc(Cl)cc1-c1cc(C)ncc1C(=O)Nc1n[nH]c(=O)s1. The van der Waals surface area contributed by atoms with Crippen LogP contribution in [0, 0.1) is 17.8 Å². The van der Waals surface area contributed by atoms with Gasteiger partial charge in [0.2, 0.25) is 10.3 Å². The molecule has 2 spiro atoms. The third-order valence-corrected chi connectivity index (χ3v) is 13.3. The molecule has 340 valence electrons. The molecule has 0 unspecified atom stereocenters. The molecule has 0 atom stereocenters. The fraction of sp³-hybridized carbons (Fsp3) is 0.395. The lowest BCUT2D eigenvalue weighted by atomic mass is 9.65. The van der Waals surface area contributed by atoms with E-state index in [-0.39, 0.29) is 32.7 Å². The number of carbonyl (C=O) groups excluding carboxylic acids is 2. The minimum atomic E-state index is -0.458. The molecule has 6 aromatic heterocycles. The Hall–Kier alpha value is -5.64. The highest BCUT2D eigenvalue weighted by Crippen LogP contribution is 2.49. The molecule has 3 N–H and O–H groups in total. The second-order valence-corrected chi connectivity index (χ2v) is 18.7. The van der Waals surface area contributed by atoms with Crippen LogP contribution >= 0.6 is 45.9 Å². The van der Waals surface area contributed by atoms with Crippen LogP contribution in [0.1, 0.15) is 71.1 Å². The van der Waals surface area contributed by atoms with Crippen molar-refractivity contribution in [2.24, 2.45) is 10.8 Å². The molecule has 8 heterocycles. The molecule has 18 nitrogen and oxygen atoms in total. The van der Waals surface area contributed by atoms with Crippen molar-refractivity contribution in [2.75, 3.05) is 51.3 Å². The average Bonchev–Trinajstić information content (AvgIpc) is 3.87. The number of nitrogens with zero attached hydrogens (tertiary/aromatic N) is 7. The summed E-state index contributed by atoms with van der Waals surface area (Å²) in [5.41, 5.74) is 5.69. The first kappa shape index (κ1) is 45.9. The predicted molar refractivity (Wildman–Crippen MR) is 245 cm³/mol. The van der Waals surface area contributed by atoms with E-state index in [1.54, 1.807) is 38.4 Å². The van der Waals surface area contributed by atoms with E-state index >= 15 is 0 Å². The Morgan fingerprint density at radius 1 is 0.769 bits per heavy atom. The van der Waals surface area contributed by atoms with Gasteiger partial charge in [0.25, 0.3) is 17.0 Å². The normalized spacial score (nSPS) is 16.2. The van der Waals surface area contributed by atoms with E-state index in [4.69, 9.17) is 46.9 Å². The summed E-state index contributed by atoms with van der Waals surface area (Å²) in [5, 5.41) is 21.0. The Kier molecular flexibility index (Phi) is 14.0. The quantitative estimate of drug-likeness (QED) is 0.106. The van der Waals surface area contributed by atoms with E-state index in [1.807, 2.05) is 13.0 Å². The van der Waals surface area contributed by atoms with Gasteiger partial charge in [-0.1, -0.05) is 41.6 Å². The maximum Gasteiger partial charge on any atom is 0.324 e. The molecule has 0 bridgehead atoms. The van der Waals surface area contributed by atoms with Crippen molar-refractivity contribution >= 4 is 68.0 Å². The number of amides is 2. The second-order valence-electron chi connectivity index (χ2n) is 16.0. The zero-order valence-corrected chi connectivity index (χ0v) is 38.9. The van der Waals surface area contributed by atoms with Gasteiger partial charge in [-0.25, -0.2) is 15.1 Å². The summed E-state index contributed by atoms with van der Waals surface area (Å²) in [6, 6.07) is 6.88. The van der Waals surface area contributed by atoms with Crippen molar-refractivity contribution in [2.45, 2.75) is 58.5 Å². The van der Waals surface area contributed by atoms with E-state index < -0.39 is 5.91 Å². The minimum absolute atomic E-state index is 0.117. The van der Waals surface area contributed by atoms with Gasteiger partial charge in [0.05, 0.1) is 64.2 Å². The van der Waals surface area contributed by atoms with Gasteiger partial charge in [0, 0.05) is 56.9 Å². The van der Waals surface area contributed by atoms with Crippen LogP contribution in [0.25, 0.3) is 22.3 Å². The van der Waals surface area contributed by atoms with Gasteiger partial charge in [0.15, 0.2) is 0 Å². The number of nitrogens with one attached hydrogen (secondary N) is 3. The first-order valence-corrected chi connectivity index (χ1v) is 23.0. The number of aryl methyl sites for hydroxylation is 2. The number of anilines is 2. The van der Waals surface area contributed by atoms with Crippen molar-refractivity contribution in [1.82, 2.24) is 40.3 Å². The molecule has 0 radical (unpaired) electrons. The molecule has 10 rings (SSSR count). The van der Waals surface area contributed by atoms with Gasteiger partial charge < -0.3 is 23.7 Å². The van der Waals surface area contributed by atoms with Crippen molar-refractivity contribution in [3.63, 3.8) is 0 Å². The van der Waals surface area contributed by atoms with Gasteiger partial charge in [-0.3, -0.25) is 35.0 Å². The fourth-order valence-electron chi connectivity index (χ4n) is 7.68. The molecule has 4 fully saturated rings.